The van der Waals surface area contributed by atoms with Crippen LogP contribution in [0.5, 0.6) is 0 Å². The molecule has 0 amide bonds. The number of nitrogens with two attached hydrogens (primary N) is 2. The number of halogens is 1. The molecule has 2 atom stereocenters. The van der Waals surface area contributed by atoms with Gasteiger partial charge >= 0.3 is 11.9 Å². The molecule has 0 aromatic carbocycles. The molecule has 17 heavy (non-hydrogen) atoms. The van der Waals surface area contributed by atoms with Gasteiger partial charge in [-0.05, 0) is 12.8 Å². The molecule has 7 heteroatoms. The van der Waals surface area contributed by atoms with Crippen LogP contribution in [0, 0.1) is 0 Å². The van der Waals surface area contributed by atoms with Gasteiger partial charge in [-0.15, -0.1) is 12.4 Å². The average Bonchev–Trinajstić information content (AvgIpc) is 2.21. The molecule has 0 aromatic heterocycles. The molecule has 0 aliphatic carbocycles. The Hall–Kier alpha value is -0.850. The van der Waals surface area contributed by atoms with Gasteiger partial charge in [-0.2, -0.15) is 0 Å². The number of carboxylic acids is 2. The van der Waals surface area contributed by atoms with Crippen molar-refractivity contribution >= 4 is 24.3 Å². The first kappa shape index (κ1) is 18.5. The van der Waals surface area contributed by atoms with Crippen molar-refractivity contribution < 1.29 is 19.8 Å². The SMILES string of the molecule is Cl.NC(CCCCCCC(N)C(=O)O)C(=O)O. The number of rotatable bonds is 9. The number of hydrogen-bond acceptors (Lipinski definition) is 4. The van der Waals surface area contributed by atoms with Crippen molar-refractivity contribution in [3.05, 3.63) is 0 Å². The number of aliphatic carboxylic acids is 2. The summed E-state index contributed by atoms with van der Waals surface area (Å²) in [5, 5.41) is 17.0. The standard InChI is InChI=1S/C10H20N2O4.ClH/c11-7(9(13)14)5-3-1-2-4-6-8(12)10(15)16;/h7-8H,1-6,11-12H2,(H,13,14)(H,15,16);1H. The van der Waals surface area contributed by atoms with E-state index in [1.165, 1.54) is 0 Å². The van der Waals surface area contributed by atoms with Crippen molar-refractivity contribution in [2.45, 2.75) is 50.6 Å². The molecular formula is C10H21ClN2O4. The fourth-order valence-electron chi connectivity index (χ4n) is 1.33. The highest BCUT2D eigenvalue weighted by Crippen LogP contribution is 2.08. The lowest BCUT2D eigenvalue weighted by molar-refractivity contribution is -0.139. The topological polar surface area (TPSA) is 127 Å². The largest absolute Gasteiger partial charge is 0.480 e. The number of carbonyl (C=O) groups is 2. The Balaban J connectivity index is 0. The summed E-state index contributed by atoms with van der Waals surface area (Å²) in [5.74, 6) is -1.96. The van der Waals surface area contributed by atoms with E-state index < -0.39 is 24.0 Å². The minimum atomic E-state index is -0.979. The minimum Gasteiger partial charge on any atom is -0.480 e. The van der Waals surface area contributed by atoms with Gasteiger partial charge in [0.15, 0.2) is 0 Å². The highest BCUT2D eigenvalue weighted by molar-refractivity contribution is 5.85. The van der Waals surface area contributed by atoms with Crippen molar-refractivity contribution in [3.8, 4) is 0 Å². The fraction of sp³-hybridized carbons (Fsp3) is 0.800. The summed E-state index contributed by atoms with van der Waals surface area (Å²) in [4.78, 5) is 20.8. The lowest BCUT2D eigenvalue weighted by Gasteiger charge is -2.07. The van der Waals surface area contributed by atoms with Crippen molar-refractivity contribution in [1.29, 1.82) is 0 Å². The third-order valence-electron chi connectivity index (χ3n) is 2.41. The normalized spacial score (nSPS) is 13.5. The molecule has 0 saturated heterocycles. The highest BCUT2D eigenvalue weighted by atomic mass is 35.5. The fourth-order valence-corrected chi connectivity index (χ4v) is 1.33. The average molecular weight is 269 g/mol. The molecule has 0 aromatic rings. The van der Waals surface area contributed by atoms with Gasteiger partial charge in [-0.1, -0.05) is 25.7 Å². The predicted molar refractivity (Wildman–Crippen MR) is 66.2 cm³/mol. The van der Waals surface area contributed by atoms with Gasteiger partial charge in [0.2, 0.25) is 0 Å². The van der Waals surface area contributed by atoms with Crippen molar-refractivity contribution in [3.63, 3.8) is 0 Å². The van der Waals surface area contributed by atoms with Gasteiger partial charge in [-0.3, -0.25) is 9.59 Å². The van der Waals surface area contributed by atoms with Crippen LogP contribution in [0.3, 0.4) is 0 Å². The summed E-state index contributed by atoms with van der Waals surface area (Å²) in [6, 6.07) is -1.58. The molecule has 102 valence electrons. The zero-order valence-electron chi connectivity index (χ0n) is 9.67. The summed E-state index contributed by atoms with van der Waals surface area (Å²) in [6.45, 7) is 0. The maximum atomic E-state index is 10.4. The van der Waals surface area contributed by atoms with Crippen molar-refractivity contribution in [2.24, 2.45) is 11.5 Å². The molecule has 6 N–H and O–H groups in total. The van der Waals surface area contributed by atoms with Crippen LogP contribution in [0.1, 0.15) is 38.5 Å². The molecule has 0 heterocycles. The van der Waals surface area contributed by atoms with E-state index >= 15 is 0 Å². The second kappa shape index (κ2) is 10.3. The summed E-state index contributed by atoms with van der Waals surface area (Å²) < 4.78 is 0. The van der Waals surface area contributed by atoms with E-state index in [2.05, 4.69) is 0 Å². The second-order valence-corrected chi connectivity index (χ2v) is 3.88. The Morgan fingerprint density at radius 2 is 1.12 bits per heavy atom. The van der Waals surface area contributed by atoms with Gasteiger partial charge in [-0.25, -0.2) is 0 Å². The molecule has 0 saturated carbocycles. The Kier molecular flexibility index (Phi) is 11.2. The van der Waals surface area contributed by atoms with Gasteiger partial charge in [0, 0.05) is 0 Å². The third kappa shape index (κ3) is 10.0. The molecule has 0 aliphatic rings. The molecule has 6 nitrogen and oxygen atoms in total. The Labute approximate surface area is 107 Å². The molecule has 0 bridgehead atoms. The van der Waals surface area contributed by atoms with E-state index in [-0.39, 0.29) is 12.4 Å². The van der Waals surface area contributed by atoms with E-state index in [1.54, 1.807) is 0 Å². The van der Waals surface area contributed by atoms with E-state index in [4.69, 9.17) is 21.7 Å². The Morgan fingerprint density at radius 3 is 1.35 bits per heavy atom. The van der Waals surface area contributed by atoms with Crippen LogP contribution in [-0.4, -0.2) is 34.2 Å². The van der Waals surface area contributed by atoms with Crippen LogP contribution in [0.4, 0.5) is 0 Å². The smallest absolute Gasteiger partial charge is 0.320 e. The second-order valence-electron chi connectivity index (χ2n) is 3.88. The molecule has 0 fully saturated rings. The first-order chi connectivity index (χ1) is 7.45. The number of hydrogen-bond donors (Lipinski definition) is 4. The van der Waals surface area contributed by atoms with E-state index in [9.17, 15) is 9.59 Å². The van der Waals surface area contributed by atoms with Crippen LogP contribution in [0.2, 0.25) is 0 Å². The van der Waals surface area contributed by atoms with Crippen LogP contribution in [-0.2, 0) is 9.59 Å². The maximum Gasteiger partial charge on any atom is 0.320 e. The van der Waals surface area contributed by atoms with E-state index in [0.717, 1.165) is 25.7 Å². The monoisotopic (exact) mass is 268 g/mol. The van der Waals surface area contributed by atoms with Crippen molar-refractivity contribution in [2.75, 3.05) is 0 Å². The van der Waals surface area contributed by atoms with Gasteiger partial charge < -0.3 is 21.7 Å². The van der Waals surface area contributed by atoms with Crippen LogP contribution >= 0.6 is 12.4 Å². The first-order valence-electron chi connectivity index (χ1n) is 5.42. The highest BCUT2D eigenvalue weighted by Gasteiger charge is 2.11. The first-order valence-corrected chi connectivity index (χ1v) is 5.42. The van der Waals surface area contributed by atoms with Crippen LogP contribution < -0.4 is 11.5 Å². The van der Waals surface area contributed by atoms with Crippen LogP contribution in [0.15, 0.2) is 0 Å². The molecular weight excluding hydrogens is 248 g/mol. The molecule has 0 radical (unpaired) electrons. The minimum absolute atomic E-state index is 0. The lowest BCUT2D eigenvalue weighted by Crippen LogP contribution is -2.30. The molecule has 0 rings (SSSR count). The van der Waals surface area contributed by atoms with E-state index in [0.29, 0.717) is 12.8 Å². The lowest BCUT2D eigenvalue weighted by atomic mass is 10.0. The quantitative estimate of drug-likeness (QED) is 0.453. The number of carboxylic acid groups (broad SMARTS) is 2. The molecule has 0 aliphatic heterocycles. The third-order valence-corrected chi connectivity index (χ3v) is 2.41. The van der Waals surface area contributed by atoms with Crippen molar-refractivity contribution in [1.82, 2.24) is 0 Å². The zero-order chi connectivity index (χ0) is 12.6. The van der Waals surface area contributed by atoms with E-state index in [1.807, 2.05) is 0 Å². The summed E-state index contributed by atoms with van der Waals surface area (Å²) >= 11 is 0. The predicted octanol–water partition coefficient (Wildman–Crippen LogP) is 0.573. The van der Waals surface area contributed by atoms with Gasteiger partial charge in [0.05, 0.1) is 0 Å². The number of unbranched alkanes of at least 4 members (excludes halogenated alkanes) is 3. The van der Waals surface area contributed by atoms with Gasteiger partial charge in [0.1, 0.15) is 12.1 Å². The summed E-state index contributed by atoms with van der Waals surface area (Å²) in [5.41, 5.74) is 10.6. The maximum absolute atomic E-state index is 10.4. The summed E-state index contributed by atoms with van der Waals surface area (Å²) in [6.07, 6.45) is 4.12. The summed E-state index contributed by atoms with van der Waals surface area (Å²) in [7, 11) is 0. The van der Waals surface area contributed by atoms with Crippen LogP contribution in [0.25, 0.3) is 0 Å². The Morgan fingerprint density at radius 1 is 0.824 bits per heavy atom. The Bertz CT molecular complexity index is 214. The molecule has 2 unspecified atom stereocenters. The molecule has 0 spiro atoms. The zero-order valence-corrected chi connectivity index (χ0v) is 10.5. The van der Waals surface area contributed by atoms with Gasteiger partial charge in [0.25, 0.3) is 0 Å².